The number of nitrogens with zero attached hydrogens (tertiary/aromatic N) is 1. The summed E-state index contributed by atoms with van der Waals surface area (Å²) < 4.78 is 0. The fourth-order valence-electron chi connectivity index (χ4n) is 1.50. The Bertz CT molecular complexity index is 379. The van der Waals surface area contributed by atoms with Crippen LogP contribution in [-0.4, -0.2) is 4.98 Å². The van der Waals surface area contributed by atoms with Crippen molar-refractivity contribution in [3.05, 3.63) is 67.2 Å². The highest BCUT2D eigenvalue weighted by atomic mass is 15.0. The van der Waals surface area contributed by atoms with Gasteiger partial charge in [-0.2, -0.15) is 0 Å². The van der Waals surface area contributed by atoms with Crippen LogP contribution in [0.2, 0.25) is 0 Å². The van der Waals surface area contributed by atoms with E-state index >= 15 is 0 Å². The standard InChI is InChI=1S/C12H12N2/c1-2-12(8-4-6-10-14-12)11-7-3-5-9-13-11/h2-10,14H,1H2. The van der Waals surface area contributed by atoms with Gasteiger partial charge in [0.2, 0.25) is 0 Å². The summed E-state index contributed by atoms with van der Waals surface area (Å²) in [5.41, 5.74) is 0.603. The van der Waals surface area contributed by atoms with E-state index in [-0.39, 0.29) is 5.54 Å². The van der Waals surface area contributed by atoms with Gasteiger partial charge in [-0.25, -0.2) is 0 Å². The van der Waals surface area contributed by atoms with Crippen molar-refractivity contribution in [3.8, 4) is 0 Å². The molecule has 0 aliphatic carbocycles. The number of hydrogen-bond acceptors (Lipinski definition) is 2. The van der Waals surface area contributed by atoms with E-state index in [1.54, 1.807) is 6.20 Å². The lowest BCUT2D eigenvalue weighted by atomic mass is 9.92. The average Bonchev–Trinajstić information content (AvgIpc) is 2.31. The zero-order valence-electron chi connectivity index (χ0n) is 7.85. The molecule has 2 heterocycles. The van der Waals surface area contributed by atoms with Crippen LogP contribution >= 0.6 is 0 Å². The molecule has 1 N–H and O–H groups in total. The Morgan fingerprint density at radius 3 is 2.86 bits per heavy atom. The van der Waals surface area contributed by atoms with Crippen molar-refractivity contribution in [2.24, 2.45) is 0 Å². The quantitative estimate of drug-likeness (QED) is 0.712. The van der Waals surface area contributed by atoms with Crippen LogP contribution in [0, 0.1) is 0 Å². The Kier molecular flexibility index (Phi) is 2.19. The van der Waals surface area contributed by atoms with Gasteiger partial charge in [0.1, 0.15) is 5.54 Å². The maximum atomic E-state index is 4.33. The van der Waals surface area contributed by atoms with Crippen molar-refractivity contribution in [2.75, 3.05) is 0 Å². The van der Waals surface area contributed by atoms with Crippen LogP contribution in [0.5, 0.6) is 0 Å². The lowest BCUT2D eigenvalue weighted by molar-refractivity contribution is 0.572. The molecule has 0 saturated carbocycles. The van der Waals surface area contributed by atoms with Gasteiger partial charge < -0.3 is 5.32 Å². The molecule has 14 heavy (non-hydrogen) atoms. The first-order valence-corrected chi connectivity index (χ1v) is 4.54. The molecular weight excluding hydrogens is 172 g/mol. The SMILES string of the molecule is C=CC1(c2ccccn2)C=CC=CN1. The van der Waals surface area contributed by atoms with Crippen LogP contribution < -0.4 is 5.32 Å². The summed E-state index contributed by atoms with van der Waals surface area (Å²) in [6.45, 7) is 3.85. The van der Waals surface area contributed by atoms with Crippen LogP contribution in [0.4, 0.5) is 0 Å². The monoisotopic (exact) mass is 184 g/mol. The topological polar surface area (TPSA) is 24.9 Å². The summed E-state index contributed by atoms with van der Waals surface area (Å²) in [5.74, 6) is 0. The first-order chi connectivity index (χ1) is 6.87. The van der Waals surface area contributed by atoms with E-state index in [2.05, 4.69) is 16.9 Å². The van der Waals surface area contributed by atoms with Crippen molar-refractivity contribution < 1.29 is 0 Å². The highest BCUT2D eigenvalue weighted by Crippen LogP contribution is 2.23. The Morgan fingerprint density at radius 1 is 1.36 bits per heavy atom. The largest absolute Gasteiger partial charge is 0.374 e. The normalized spacial score (nSPS) is 24.3. The number of hydrogen-bond donors (Lipinski definition) is 1. The van der Waals surface area contributed by atoms with Crippen LogP contribution in [0.15, 0.2) is 61.5 Å². The Labute approximate surface area is 83.7 Å². The van der Waals surface area contributed by atoms with E-state index in [9.17, 15) is 0 Å². The van der Waals surface area contributed by atoms with Gasteiger partial charge in [0.25, 0.3) is 0 Å². The summed E-state index contributed by atoms with van der Waals surface area (Å²) >= 11 is 0. The van der Waals surface area contributed by atoms with Crippen LogP contribution in [0.25, 0.3) is 0 Å². The number of allylic oxidation sites excluding steroid dienone is 2. The number of dihydropyridines is 1. The molecule has 1 unspecified atom stereocenters. The van der Waals surface area contributed by atoms with Gasteiger partial charge in [-0.05, 0) is 30.5 Å². The first kappa shape index (κ1) is 8.75. The van der Waals surface area contributed by atoms with Crippen molar-refractivity contribution in [3.63, 3.8) is 0 Å². The number of nitrogens with one attached hydrogen (secondary N) is 1. The number of aromatic nitrogens is 1. The van der Waals surface area contributed by atoms with E-state index in [1.807, 2.05) is 48.7 Å². The average molecular weight is 184 g/mol. The number of pyridine rings is 1. The van der Waals surface area contributed by atoms with E-state index < -0.39 is 0 Å². The van der Waals surface area contributed by atoms with Crippen LogP contribution in [0.1, 0.15) is 5.69 Å². The highest BCUT2D eigenvalue weighted by molar-refractivity contribution is 5.34. The molecular formula is C12H12N2. The third kappa shape index (κ3) is 1.35. The minimum atomic E-state index is -0.351. The Morgan fingerprint density at radius 2 is 2.29 bits per heavy atom. The molecule has 70 valence electrons. The second-order valence-corrected chi connectivity index (χ2v) is 3.15. The molecule has 1 aliphatic rings. The smallest absolute Gasteiger partial charge is 0.117 e. The minimum Gasteiger partial charge on any atom is -0.374 e. The predicted molar refractivity (Wildman–Crippen MR) is 57.5 cm³/mol. The van der Waals surface area contributed by atoms with Crippen LogP contribution in [-0.2, 0) is 5.54 Å². The molecule has 1 atom stereocenters. The zero-order valence-corrected chi connectivity index (χ0v) is 7.85. The fraction of sp³-hybridized carbons (Fsp3) is 0.0833. The summed E-state index contributed by atoms with van der Waals surface area (Å²) in [5, 5.41) is 3.25. The molecule has 2 nitrogen and oxygen atoms in total. The van der Waals surface area contributed by atoms with Gasteiger partial charge >= 0.3 is 0 Å². The molecule has 1 aliphatic heterocycles. The van der Waals surface area contributed by atoms with Crippen LogP contribution in [0.3, 0.4) is 0 Å². The maximum absolute atomic E-state index is 4.33. The molecule has 0 fully saturated rings. The predicted octanol–water partition coefficient (Wildman–Crippen LogP) is 2.14. The highest BCUT2D eigenvalue weighted by Gasteiger charge is 2.26. The molecule has 0 bridgehead atoms. The Hall–Kier alpha value is -1.83. The molecule has 1 aromatic rings. The van der Waals surface area contributed by atoms with E-state index in [0.29, 0.717) is 0 Å². The molecule has 1 aromatic heterocycles. The first-order valence-electron chi connectivity index (χ1n) is 4.54. The summed E-state index contributed by atoms with van der Waals surface area (Å²) in [6, 6.07) is 5.86. The molecule has 0 aromatic carbocycles. The van der Waals surface area contributed by atoms with Crippen molar-refractivity contribution in [1.29, 1.82) is 0 Å². The van der Waals surface area contributed by atoms with Crippen molar-refractivity contribution in [2.45, 2.75) is 5.54 Å². The summed E-state index contributed by atoms with van der Waals surface area (Å²) in [7, 11) is 0. The molecule has 0 amide bonds. The van der Waals surface area contributed by atoms with Gasteiger partial charge in [-0.15, -0.1) is 6.58 Å². The summed E-state index contributed by atoms with van der Waals surface area (Å²) in [6.07, 6.45) is 11.5. The molecule has 0 radical (unpaired) electrons. The number of rotatable bonds is 2. The molecule has 2 rings (SSSR count). The van der Waals surface area contributed by atoms with Crippen molar-refractivity contribution >= 4 is 0 Å². The van der Waals surface area contributed by atoms with E-state index in [0.717, 1.165) is 5.69 Å². The van der Waals surface area contributed by atoms with E-state index in [4.69, 9.17) is 0 Å². The second-order valence-electron chi connectivity index (χ2n) is 3.15. The second kappa shape index (κ2) is 3.50. The molecule has 0 spiro atoms. The molecule has 2 heteroatoms. The molecule has 0 saturated heterocycles. The maximum Gasteiger partial charge on any atom is 0.117 e. The summed E-state index contributed by atoms with van der Waals surface area (Å²) in [4.78, 5) is 4.33. The fourth-order valence-corrected chi connectivity index (χ4v) is 1.50. The third-order valence-corrected chi connectivity index (χ3v) is 2.30. The lowest BCUT2D eigenvalue weighted by Gasteiger charge is -2.28. The third-order valence-electron chi connectivity index (χ3n) is 2.30. The van der Waals surface area contributed by atoms with Gasteiger partial charge in [-0.1, -0.05) is 18.2 Å². The van der Waals surface area contributed by atoms with Crippen molar-refractivity contribution in [1.82, 2.24) is 10.3 Å². The van der Waals surface area contributed by atoms with Gasteiger partial charge in [0.05, 0.1) is 5.69 Å². The van der Waals surface area contributed by atoms with E-state index in [1.165, 1.54) is 0 Å². The minimum absolute atomic E-state index is 0.351. The van der Waals surface area contributed by atoms with Gasteiger partial charge in [0.15, 0.2) is 0 Å². The van der Waals surface area contributed by atoms with Gasteiger partial charge in [-0.3, -0.25) is 4.98 Å². The zero-order chi connectivity index (χ0) is 9.86. The Balaban J connectivity index is 2.44. The lowest BCUT2D eigenvalue weighted by Crippen LogP contribution is -2.37. The van der Waals surface area contributed by atoms with Gasteiger partial charge in [0, 0.05) is 6.20 Å².